The van der Waals surface area contributed by atoms with E-state index in [9.17, 15) is 0 Å². The van der Waals surface area contributed by atoms with Crippen molar-refractivity contribution in [3.05, 3.63) is 24.3 Å². The number of rotatable bonds is 3. The van der Waals surface area contributed by atoms with Gasteiger partial charge >= 0.3 is 0 Å². The van der Waals surface area contributed by atoms with E-state index in [0.29, 0.717) is 0 Å². The van der Waals surface area contributed by atoms with E-state index in [-0.39, 0.29) is 5.54 Å². The summed E-state index contributed by atoms with van der Waals surface area (Å²) >= 11 is 1.57. The molecule has 16 heavy (non-hydrogen) atoms. The van der Waals surface area contributed by atoms with Crippen LogP contribution in [0.25, 0.3) is 10.9 Å². The van der Waals surface area contributed by atoms with Crippen molar-refractivity contribution in [2.75, 3.05) is 5.32 Å². The summed E-state index contributed by atoms with van der Waals surface area (Å²) in [5.41, 5.74) is 1.30. The molecule has 1 N–H and O–H groups in total. The molecule has 0 radical (unpaired) electrons. The third-order valence-corrected chi connectivity index (χ3v) is 4.21. The average molecular weight is 232 g/mol. The van der Waals surface area contributed by atoms with Crippen LogP contribution in [-0.2, 0) is 0 Å². The van der Waals surface area contributed by atoms with Crippen molar-refractivity contribution in [1.82, 2.24) is 4.37 Å². The van der Waals surface area contributed by atoms with Crippen molar-refractivity contribution in [3.8, 4) is 0 Å². The molecule has 2 aromatic rings. The summed E-state index contributed by atoms with van der Waals surface area (Å²) in [6, 6.07) is 8.33. The summed E-state index contributed by atoms with van der Waals surface area (Å²) in [6.45, 7) is 4.58. The number of benzene rings is 1. The van der Waals surface area contributed by atoms with E-state index in [4.69, 9.17) is 0 Å². The number of anilines is 1. The molecule has 0 amide bonds. The maximum absolute atomic E-state index is 4.46. The lowest BCUT2D eigenvalue weighted by molar-refractivity contribution is 0.496. The van der Waals surface area contributed by atoms with Gasteiger partial charge < -0.3 is 5.32 Å². The van der Waals surface area contributed by atoms with Gasteiger partial charge in [0.2, 0.25) is 0 Å². The van der Waals surface area contributed by atoms with Crippen LogP contribution in [0.5, 0.6) is 0 Å². The molecule has 1 saturated carbocycles. The number of nitrogens with zero attached hydrogens (tertiary/aromatic N) is 1. The fourth-order valence-electron chi connectivity index (χ4n) is 2.18. The minimum Gasteiger partial charge on any atom is -0.370 e. The van der Waals surface area contributed by atoms with Crippen molar-refractivity contribution in [1.29, 1.82) is 0 Å². The Bertz CT molecular complexity index is 511. The average Bonchev–Trinajstić information content (AvgIpc) is 3.04. The van der Waals surface area contributed by atoms with E-state index < -0.39 is 0 Å². The smallest absolute Gasteiger partial charge is 0.117 e. The van der Waals surface area contributed by atoms with Crippen LogP contribution in [0.3, 0.4) is 0 Å². The topological polar surface area (TPSA) is 24.9 Å². The van der Waals surface area contributed by atoms with Gasteiger partial charge in [-0.15, -0.1) is 0 Å². The minimum absolute atomic E-state index is 0.204. The molecule has 0 saturated heterocycles. The number of hydrogen-bond donors (Lipinski definition) is 1. The molecular formula is C13H16N2S. The Balaban J connectivity index is 1.94. The van der Waals surface area contributed by atoms with E-state index in [2.05, 4.69) is 41.7 Å². The van der Waals surface area contributed by atoms with Crippen LogP contribution in [0.4, 0.5) is 5.00 Å². The third-order valence-electron chi connectivity index (χ3n) is 3.42. The molecule has 1 aromatic carbocycles. The standard InChI is InChI=1S/C13H16N2S/c1-13(2,9-7-8-9)14-12-10-5-3-4-6-11(10)15-16-12/h3-6,9,14H,7-8H2,1-2H3. The van der Waals surface area contributed by atoms with E-state index in [1.165, 1.54) is 23.2 Å². The second-order valence-corrected chi connectivity index (χ2v) is 5.92. The molecule has 0 spiro atoms. The van der Waals surface area contributed by atoms with Crippen LogP contribution in [0.2, 0.25) is 0 Å². The molecule has 0 bridgehead atoms. The predicted molar refractivity (Wildman–Crippen MR) is 70.0 cm³/mol. The zero-order valence-corrected chi connectivity index (χ0v) is 10.5. The Morgan fingerprint density at radius 2 is 2.06 bits per heavy atom. The molecule has 2 nitrogen and oxygen atoms in total. The number of nitrogens with one attached hydrogen (secondary N) is 1. The van der Waals surface area contributed by atoms with Gasteiger partial charge in [0.1, 0.15) is 5.00 Å². The molecule has 0 unspecified atom stereocenters. The van der Waals surface area contributed by atoms with Crippen molar-refractivity contribution >= 4 is 27.4 Å². The fraction of sp³-hybridized carbons (Fsp3) is 0.462. The first-order valence-corrected chi connectivity index (χ1v) is 6.57. The van der Waals surface area contributed by atoms with Gasteiger partial charge in [-0.3, -0.25) is 0 Å². The Morgan fingerprint density at radius 1 is 1.31 bits per heavy atom. The van der Waals surface area contributed by atoms with Gasteiger partial charge in [-0.1, -0.05) is 12.1 Å². The van der Waals surface area contributed by atoms with Crippen LogP contribution in [0.15, 0.2) is 24.3 Å². The summed E-state index contributed by atoms with van der Waals surface area (Å²) in [5.74, 6) is 0.827. The van der Waals surface area contributed by atoms with Crippen molar-refractivity contribution in [2.45, 2.75) is 32.2 Å². The van der Waals surface area contributed by atoms with Gasteiger partial charge in [-0.2, -0.15) is 4.37 Å². The van der Waals surface area contributed by atoms with Crippen LogP contribution in [-0.4, -0.2) is 9.91 Å². The SMILES string of the molecule is CC(C)(Nc1snc2ccccc12)C1CC1. The molecular weight excluding hydrogens is 216 g/mol. The maximum Gasteiger partial charge on any atom is 0.117 e. The maximum atomic E-state index is 4.46. The van der Waals surface area contributed by atoms with Crippen LogP contribution < -0.4 is 5.32 Å². The zero-order valence-electron chi connectivity index (χ0n) is 9.66. The molecule has 1 fully saturated rings. The Kier molecular flexibility index (Phi) is 2.18. The normalized spacial score (nSPS) is 16.6. The van der Waals surface area contributed by atoms with E-state index >= 15 is 0 Å². The van der Waals surface area contributed by atoms with E-state index in [0.717, 1.165) is 11.4 Å². The van der Waals surface area contributed by atoms with Crippen LogP contribution in [0, 0.1) is 5.92 Å². The van der Waals surface area contributed by atoms with Gasteiger partial charge in [-0.05, 0) is 56.3 Å². The lowest BCUT2D eigenvalue weighted by atomic mass is 9.99. The molecule has 3 rings (SSSR count). The number of fused-ring (bicyclic) bond motifs is 1. The molecule has 1 aliphatic rings. The highest BCUT2D eigenvalue weighted by molar-refractivity contribution is 7.11. The summed E-state index contributed by atoms with van der Waals surface area (Å²) in [6.07, 6.45) is 2.72. The monoisotopic (exact) mass is 232 g/mol. The molecule has 84 valence electrons. The van der Waals surface area contributed by atoms with Gasteiger partial charge in [0.05, 0.1) is 5.52 Å². The minimum atomic E-state index is 0.204. The molecule has 3 heteroatoms. The summed E-state index contributed by atoms with van der Waals surface area (Å²) in [4.78, 5) is 0. The lowest BCUT2D eigenvalue weighted by Crippen LogP contribution is -2.32. The number of hydrogen-bond acceptors (Lipinski definition) is 3. The summed E-state index contributed by atoms with van der Waals surface area (Å²) in [5, 5.41) is 6.13. The Labute approximate surface area is 99.8 Å². The fourth-order valence-corrected chi connectivity index (χ4v) is 3.11. The molecule has 1 heterocycles. The second-order valence-electron chi connectivity index (χ2n) is 5.15. The molecule has 1 aliphatic carbocycles. The van der Waals surface area contributed by atoms with Crippen molar-refractivity contribution in [3.63, 3.8) is 0 Å². The molecule has 0 atom stereocenters. The van der Waals surface area contributed by atoms with Gasteiger partial charge in [0.15, 0.2) is 0 Å². The lowest BCUT2D eigenvalue weighted by Gasteiger charge is -2.26. The molecule has 0 aliphatic heterocycles. The van der Waals surface area contributed by atoms with Gasteiger partial charge in [0, 0.05) is 10.9 Å². The highest BCUT2D eigenvalue weighted by Crippen LogP contribution is 2.42. The van der Waals surface area contributed by atoms with Crippen LogP contribution >= 0.6 is 11.5 Å². The quantitative estimate of drug-likeness (QED) is 0.868. The summed E-state index contributed by atoms with van der Waals surface area (Å²) < 4.78 is 4.46. The predicted octanol–water partition coefficient (Wildman–Crippen LogP) is 3.90. The van der Waals surface area contributed by atoms with E-state index in [1.54, 1.807) is 11.5 Å². The first-order chi connectivity index (χ1) is 7.67. The van der Waals surface area contributed by atoms with Crippen LogP contribution in [0.1, 0.15) is 26.7 Å². The first kappa shape index (κ1) is 10.1. The molecule has 1 aromatic heterocycles. The number of aromatic nitrogens is 1. The first-order valence-electron chi connectivity index (χ1n) is 5.79. The van der Waals surface area contributed by atoms with Crippen molar-refractivity contribution < 1.29 is 0 Å². The zero-order chi connectivity index (χ0) is 11.2. The second kappa shape index (κ2) is 3.45. The van der Waals surface area contributed by atoms with E-state index in [1.807, 2.05) is 6.07 Å². The third kappa shape index (κ3) is 1.69. The van der Waals surface area contributed by atoms with Crippen molar-refractivity contribution in [2.24, 2.45) is 5.92 Å². The largest absolute Gasteiger partial charge is 0.370 e. The van der Waals surface area contributed by atoms with Gasteiger partial charge in [-0.25, -0.2) is 0 Å². The highest BCUT2D eigenvalue weighted by Gasteiger charge is 2.38. The highest BCUT2D eigenvalue weighted by atomic mass is 32.1. The van der Waals surface area contributed by atoms with Gasteiger partial charge in [0.25, 0.3) is 0 Å². The Hall–Kier alpha value is -1.09. The Morgan fingerprint density at radius 3 is 2.81 bits per heavy atom. The summed E-state index contributed by atoms with van der Waals surface area (Å²) in [7, 11) is 0.